The molecule has 7 heteroatoms. The summed E-state index contributed by atoms with van der Waals surface area (Å²) in [7, 11) is 0. The zero-order chi connectivity index (χ0) is 23.2. The summed E-state index contributed by atoms with van der Waals surface area (Å²) in [5, 5.41) is 33.0. The van der Waals surface area contributed by atoms with E-state index in [-0.39, 0.29) is 36.4 Å². The fourth-order valence-electron chi connectivity index (χ4n) is 8.68. The highest BCUT2D eigenvalue weighted by molar-refractivity contribution is 5.67. The summed E-state index contributed by atoms with van der Waals surface area (Å²) in [5.74, 6) is 0.771. The lowest BCUT2D eigenvalue weighted by Crippen LogP contribution is -2.78. The van der Waals surface area contributed by atoms with Gasteiger partial charge in [-0.25, -0.2) is 0 Å². The van der Waals surface area contributed by atoms with E-state index in [9.17, 15) is 20.1 Å². The number of nitrogens with zero attached hydrogens (tertiary/aromatic N) is 2. The van der Waals surface area contributed by atoms with Gasteiger partial charge in [0, 0.05) is 30.2 Å². The second-order valence-corrected chi connectivity index (χ2v) is 11.9. The van der Waals surface area contributed by atoms with E-state index in [1.807, 2.05) is 6.07 Å². The molecule has 184 valence electrons. The quantitative estimate of drug-likeness (QED) is 0.612. The van der Waals surface area contributed by atoms with Gasteiger partial charge < -0.3 is 20.1 Å². The van der Waals surface area contributed by atoms with Gasteiger partial charge in [0.05, 0.1) is 17.4 Å². The molecule has 34 heavy (non-hydrogen) atoms. The number of phenols is 1. The third kappa shape index (κ3) is 2.78. The van der Waals surface area contributed by atoms with Gasteiger partial charge in [0.25, 0.3) is 0 Å². The first kappa shape index (κ1) is 21.5. The fraction of sp³-hybridized carbons (Fsp3) is 0.741. The summed E-state index contributed by atoms with van der Waals surface area (Å²) < 4.78 is 6.70. The van der Waals surface area contributed by atoms with Crippen molar-refractivity contribution in [1.82, 2.24) is 9.80 Å². The second-order valence-electron chi connectivity index (χ2n) is 11.9. The van der Waals surface area contributed by atoms with Crippen molar-refractivity contribution >= 4 is 5.97 Å². The summed E-state index contributed by atoms with van der Waals surface area (Å²) in [5.41, 5.74) is 0.851. The number of likely N-dealkylation sites (tertiary alicyclic amines) is 2. The number of carbonyl (C=O) groups is 1. The number of aliphatic carboxylic acids is 1. The Kier molecular flexibility index (Phi) is 4.63. The molecule has 2 bridgehead atoms. The van der Waals surface area contributed by atoms with Crippen molar-refractivity contribution in [3.05, 3.63) is 23.3 Å². The van der Waals surface area contributed by atoms with Gasteiger partial charge in [-0.2, -0.15) is 0 Å². The molecule has 7 rings (SSSR count). The van der Waals surface area contributed by atoms with Crippen LogP contribution in [0.1, 0.15) is 68.9 Å². The summed E-state index contributed by atoms with van der Waals surface area (Å²) in [6, 6.07) is 3.95. The van der Waals surface area contributed by atoms with Crippen LogP contribution in [0, 0.1) is 5.92 Å². The van der Waals surface area contributed by atoms with E-state index in [4.69, 9.17) is 4.74 Å². The normalized spacial score (nSPS) is 41.1. The molecule has 7 nitrogen and oxygen atoms in total. The van der Waals surface area contributed by atoms with E-state index >= 15 is 0 Å². The SMILES string of the molecule is O=C(O)CC1CCCCN1[C@H]1CC[C@@]2(O)[C@H]3Cc4ccc(O)c5c4[C@@]2(CCN3CC2CC2)[C@H]1O5. The Hall–Kier alpha value is -1.83. The molecule has 6 atom stereocenters. The summed E-state index contributed by atoms with van der Waals surface area (Å²) in [6.07, 6.45) is 8.66. The van der Waals surface area contributed by atoms with Crippen molar-refractivity contribution in [2.75, 3.05) is 19.6 Å². The van der Waals surface area contributed by atoms with Gasteiger partial charge in [0.1, 0.15) is 6.10 Å². The summed E-state index contributed by atoms with van der Waals surface area (Å²) in [4.78, 5) is 16.6. The highest BCUT2D eigenvalue weighted by Gasteiger charge is 2.73. The van der Waals surface area contributed by atoms with E-state index in [2.05, 4.69) is 9.80 Å². The molecular weight excluding hydrogens is 432 g/mol. The number of carboxylic acid groups (broad SMARTS) is 1. The topological polar surface area (TPSA) is 93.5 Å². The number of aliphatic hydroxyl groups is 1. The minimum absolute atomic E-state index is 0.00793. The van der Waals surface area contributed by atoms with Gasteiger partial charge in [-0.15, -0.1) is 0 Å². The molecule has 0 amide bonds. The van der Waals surface area contributed by atoms with Crippen LogP contribution in [0.25, 0.3) is 0 Å². The lowest BCUT2D eigenvalue weighted by molar-refractivity contribution is -0.204. The van der Waals surface area contributed by atoms with Crippen molar-refractivity contribution in [2.24, 2.45) is 5.92 Å². The first-order chi connectivity index (χ1) is 16.4. The van der Waals surface area contributed by atoms with Crippen molar-refractivity contribution in [3.63, 3.8) is 0 Å². The van der Waals surface area contributed by atoms with E-state index < -0.39 is 17.0 Å². The lowest BCUT2D eigenvalue weighted by atomic mass is 9.48. The molecule has 2 saturated heterocycles. The standard InChI is InChI=1S/C27H36N2O5/c30-20-7-6-17-13-21-27(33)9-8-19(29-11-2-1-3-18(29)14-22(31)32)25-26(27,23(17)24(20)34-25)10-12-28(21)15-16-4-5-16/h6-7,16,18-19,21,25,30,33H,1-5,8-15H2,(H,31,32)/t18?,19-,21+,25-,26-,27+/m0/s1. The van der Waals surface area contributed by atoms with E-state index in [1.54, 1.807) is 6.07 Å². The van der Waals surface area contributed by atoms with Crippen LogP contribution in [0.5, 0.6) is 11.5 Å². The minimum atomic E-state index is -0.884. The number of benzene rings is 1. The average molecular weight is 469 g/mol. The molecule has 3 aliphatic carbocycles. The van der Waals surface area contributed by atoms with Gasteiger partial charge in [-0.1, -0.05) is 12.5 Å². The highest BCUT2D eigenvalue weighted by atomic mass is 16.5. The molecule has 4 fully saturated rings. The molecule has 3 heterocycles. The number of rotatable bonds is 5. The maximum Gasteiger partial charge on any atom is 0.304 e. The van der Waals surface area contributed by atoms with Crippen molar-refractivity contribution in [2.45, 2.75) is 99.5 Å². The van der Waals surface area contributed by atoms with Crippen LogP contribution in [0.3, 0.4) is 0 Å². The Balaban J connectivity index is 1.33. The number of hydrogen-bond acceptors (Lipinski definition) is 6. The van der Waals surface area contributed by atoms with Crippen LogP contribution in [0.15, 0.2) is 12.1 Å². The minimum Gasteiger partial charge on any atom is -0.504 e. The van der Waals surface area contributed by atoms with Gasteiger partial charge >= 0.3 is 5.97 Å². The fourth-order valence-corrected chi connectivity index (χ4v) is 8.68. The van der Waals surface area contributed by atoms with Crippen LogP contribution < -0.4 is 4.74 Å². The maximum atomic E-state index is 12.6. The molecule has 2 saturated carbocycles. The van der Waals surface area contributed by atoms with Gasteiger partial charge in [0.15, 0.2) is 11.5 Å². The van der Waals surface area contributed by atoms with Crippen LogP contribution in [-0.2, 0) is 16.6 Å². The molecule has 3 N–H and O–H groups in total. The number of hydrogen-bond donors (Lipinski definition) is 3. The number of aromatic hydroxyl groups is 1. The first-order valence-electron chi connectivity index (χ1n) is 13.4. The highest BCUT2D eigenvalue weighted by Crippen LogP contribution is 2.66. The molecule has 1 unspecified atom stereocenters. The molecule has 6 aliphatic rings. The maximum absolute atomic E-state index is 12.6. The van der Waals surface area contributed by atoms with Crippen LogP contribution in [0.2, 0.25) is 0 Å². The first-order valence-corrected chi connectivity index (χ1v) is 13.4. The Bertz CT molecular complexity index is 1030. The number of piperidine rings is 2. The Labute approximate surface area is 200 Å². The third-order valence-electron chi connectivity index (χ3n) is 10.2. The summed E-state index contributed by atoms with van der Waals surface area (Å²) >= 11 is 0. The zero-order valence-corrected chi connectivity index (χ0v) is 19.8. The Morgan fingerprint density at radius 2 is 1.97 bits per heavy atom. The van der Waals surface area contributed by atoms with E-state index in [0.717, 1.165) is 69.6 Å². The Morgan fingerprint density at radius 1 is 1.12 bits per heavy atom. The number of ether oxygens (including phenoxy) is 1. The smallest absolute Gasteiger partial charge is 0.304 e. The van der Waals surface area contributed by atoms with Crippen LogP contribution in [-0.4, -0.2) is 80.6 Å². The molecule has 0 aromatic heterocycles. The van der Waals surface area contributed by atoms with E-state index in [1.165, 1.54) is 18.4 Å². The summed E-state index contributed by atoms with van der Waals surface area (Å²) in [6.45, 7) is 2.90. The van der Waals surface area contributed by atoms with Crippen molar-refractivity contribution in [3.8, 4) is 11.5 Å². The lowest BCUT2D eigenvalue weighted by Gasteiger charge is -2.65. The molecule has 1 spiro atoms. The van der Waals surface area contributed by atoms with Gasteiger partial charge in [-0.3, -0.25) is 14.6 Å². The van der Waals surface area contributed by atoms with Gasteiger partial charge in [-0.05, 0) is 82.0 Å². The molecule has 0 radical (unpaired) electrons. The molecule has 1 aromatic rings. The van der Waals surface area contributed by atoms with Crippen molar-refractivity contribution in [1.29, 1.82) is 0 Å². The van der Waals surface area contributed by atoms with Gasteiger partial charge in [0.2, 0.25) is 0 Å². The number of phenolic OH excluding ortho intramolecular Hbond substituents is 1. The van der Waals surface area contributed by atoms with Crippen LogP contribution >= 0.6 is 0 Å². The predicted octanol–water partition coefficient (Wildman–Crippen LogP) is 2.65. The number of carboxylic acids is 1. The monoisotopic (exact) mass is 468 g/mol. The average Bonchev–Trinajstić information content (AvgIpc) is 3.55. The molecule has 1 aromatic carbocycles. The van der Waals surface area contributed by atoms with E-state index in [0.29, 0.717) is 12.2 Å². The van der Waals surface area contributed by atoms with Crippen molar-refractivity contribution < 1.29 is 24.9 Å². The second kappa shape index (κ2) is 7.34. The van der Waals surface area contributed by atoms with Crippen LogP contribution in [0.4, 0.5) is 0 Å². The third-order valence-corrected chi connectivity index (χ3v) is 10.2. The largest absolute Gasteiger partial charge is 0.504 e. The molecule has 3 aliphatic heterocycles. The predicted molar refractivity (Wildman–Crippen MR) is 125 cm³/mol. The zero-order valence-electron chi connectivity index (χ0n) is 19.8. The molecular formula is C27H36N2O5. The Morgan fingerprint density at radius 3 is 2.76 bits per heavy atom.